The molecule has 0 aliphatic heterocycles. The number of nitrogens with two attached hydrogens (primary N) is 1. The second-order valence-electron chi connectivity index (χ2n) is 6.11. The number of aromatic nitrogens is 1. The predicted octanol–water partition coefficient (Wildman–Crippen LogP) is 2.76. The Morgan fingerprint density at radius 3 is 2.65 bits per heavy atom. The monoisotopic (exact) mass is 234 g/mol. The zero-order valence-electron chi connectivity index (χ0n) is 11.0. The average molecular weight is 234 g/mol. The topological polar surface area (TPSA) is 59.1 Å². The Balaban J connectivity index is 2.44. The van der Waals surface area contributed by atoms with E-state index in [1.165, 1.54) is 0 Å². The van der Waals surface area contributed by atoms with E-state index in [0.717, 1.165) is 36.8 Å². The van der Waals surface area contributed by atoms with Crippen molar-refractivity contribution in [2.75, 3.05) is 5.73 Å². The number of hydrogen-bond acceptors (Lipinski definition) is 3. The van der Waals surface area contributed by atoms with Crippen molar-refractivity contribution in [3.8, 4) is 0 Å². The van der Waals surface area contributed by atoms with E-state index >= 15 is 0 Å². The highest BCUT2D eigenvalue weighted by atomic mass is 16.3. The minimum Gasteiger partial charge on any atom is -0.385 e. The van der Waals surface area contributed by atoms with Gasteiger partial charge in [0.25, 0.3) is 0 Å². The number of pyridine rings is 1. The zero-order chi connectivity index (χ0) is 12.7. The quantitative estimate of drug-likeness (QED) is 0.785. The van der Waals surface area contributed by atoms with Crippen molar-refractivity contribution in [2.45, 2.75) is 52.1 Å². The molecule has 1 aromatic heterocycles. The van der Waals surface area contributed by atoms with Crippen molar-refractivity contribution in [3.63, 3.8) is 0 Å². The smallest absolute Gasteiger partial charge is 0.129 e. The molecule has 1 aromatic rings. The Kier molecular flexibility index (Phi) is 2.90. The molecule has 1 aliphatic carbocycles. The summed E-state index contributed by atoms with van der Waals surface area (Å²) in [5.41, 5.74) is 7.20. The Labute approximate surface area is 103 Å². The third kappa shape index (κ3) is 2.29. The Morgan fingerprint density at radius 1 is 1.35 bits per heavy atom. The van der Waals surface area contributed by atoms with Gasteiger partial charge >= 0.3 is 0 Å². The third-order valence-electron chi connectivity index (χ3n) is 3.87. The van der Waals surface area contributed by atoms with Crippen LogP contribution in [0.2, 0.25) is 0 Å². The summed E-state index contributed by atoms with van der Waals surface area (Å²) in [6, 6.07) is 1.92. The molecule has 0 saturated heterocycles. The van der Waals surface area contributed by atoms with Crippen LogP contribution in [0, 0.1) is 12.3 Å². The maximum absolute atomic E-state index is 10.9. The molecule has 3 nitrogen and oxygen atoms in total. The fraction of sp³-hybridized carbons (Fsp3) is 0.643. The molecule has 1 aliphatic rings. The summed E-state index contributed by atoms with van der Waals surface area (Å²) in [4.78, 5) is 4.13. The lowest BCUT2D eigenvalue weighted by atomic mass is 9.67. The standard InChI is InChI=1S/C14H22N2O/c1-10-5-8-16-12(15)11(10)14(17)7-4-6-13(2,3)9-14/h5,8,17H,4,6-7,9H2,1-3H3,(H2,15,16). The van der Waals surface area contributed by atoms with Gasteiger partial charge in [-0.25, -0.2) is 4.98 Å². The van der Waals surface area contributed by atoms with E-state index in [9.17, 15) is 5.11 Å². The van der Waals surface area contributed by atoms with Gasteiger partial charge in [-0.1, -0.05) is 13.8 Å². The molecule has 17 heavy (non-hydrogen) atoms. The summed E-state index contributed by atoms with van der Waals surface area (Å²) in [5, 5.41) is 10.9. The van der Waals surface area contributed by atoms with Gasteiger partial charge in [0, 0.05) is 11.8 Å². The molecule has 1 atom stereocenters. The Bertz CT molecular complexity index is 408. The maximum atomic E-state index is 10.9. The van der Waals surface area contributed by atoms with Crippen molar-refractivity contribution in [3.05, 3.63) is 23.4 Å². The van der Waals surface area contributed by atoms with Crippen molar-refractivity contribution < 1.29 is 5.11 Å². The molecule has 0 bridgehead atoms. The van der Waals surface area contributed by atoms with E-state index in [1.807, 2.05) is 13.0 Å². The highest BCUT2D eigenvalue weighted by molar-refractivity contribution is 5.48. The van der Waals surface area contributed by atoms with Gasteiger partial charge < -0.3 is 10.8 Å². The van der Waals surface area contributed by atoms with Gasteiger partial charge in [-0.15, -0.1) is 0 Å². The minimum absolute atomic E-state index is 0.168. The lowest BCUT2D eigenvalue weighted by molar-refractivity contribution is -0.0440. The van der Waals surface area contributed by atoms with Crippen molar-refractivity contribution in [2.24, 2.45) is 5.41 Å². The highest BCUT2D eigenvalue weighted by Gasteiger charge is 2.41. The summed E-state index contributed by atoms with van der Waals surface area (Å²) < 4.78 is 0. The number of anilines is 1. The zero-order valence-corrected chi connectivity index (χ0v) is 11.0. The average Bonchev–Trinajstić information content (AvgIpc) is 2.14. The Hall–Kier alpha value is -1.09. The molecule has 3 heteroatoms. The summed E-state index contributed by atoms with van der Waals surface area (Å²) in [7, 11) is 0. The van der Waals surface area contributed by atoms with Crippen LogP contribution in [-0.4, -0.2) is 10.1 Å². The van der Waals surface area contributed by atoms with Crippen LogP contribution in [0.4, 0.5) is 5.82 Å². The van der Waals surface area contributed by atoms with Crippen molar-refractivity contribution >= 4 is 5.82 Å². The SMILES string of the molecule is Cc1ccnc(N)c1C1(O)CCCC(C)(C)C1. The van der Waals surface area contributed by atoms with Gasteiger partial charge in [0.05, 0.1) is 5.60 Å². The van der Waals surface area contributed by atoms with Crippen LogP contribution in [0.25, 0.3) is 0 Å². The first-order valence-corrected chi connectivity index (χ1v) is 6.28. The second-order valence-corrected chi connectivity index (χ2v) is 6.11. The molecule has 1 heterocycles. The van der Waals surface area contributed by atoms with Gasteiger partial charge in [0.2, 0.25) is 0 Å². The second kappa shape index (κ2) is 3.98. The largest absolute Gasteiger partial charge is 0.385 e. The Morgan fingerprint density at radius 2 is 2.06 bits per heavy atom. The maximum Gasteiger partial charge on any atom is 0.129 e. The van der Waals surface area contributed by atoms with E-state index in [2.05, 4.69) is 18.8 Å². The van der Waals surface area contributed by atoms with E-state index in [-0.39, 0.29) is 5.41 Å². The first-order chi connectivity index (χ1) is 7.84. The minimum atomic E-state index is -0.801. The van der Waals surface area contributed by atoms with Gasteiger partial charge in [-0.05, 0) is 49.7 Å². The number of hydrogen-bond donors (Lipinski definition) is 2. The van der Waals surface area contributed by atoms with E-state index in [4.69, 9.17) is 5.73 Å². The molecule has 0 amide bonds. The molecule has 0 radical (unpaired) electrons. The van der Waals surface area contributed by atoms with Crippen molar-refractivity contribution in [1.82, 2.24) is 4.98 Å². The van der Waals surface area contributed by atoms with Crippen LogP contribution in [0.1, 0.15) is 50.7 Å². The van der Waals surface area contributed by atoms with Crippen LogP contribution in [0.15, 0.2) is 12.3 Å². The molecule has 3 N–H and O–H groups in total. The van der Waals surface area contributed by atoms with Crippen LogP contribution in [-0.2, 0) is 5.60 Å². The predicted molar refractivity (Wildman–Crippen MR) is 69.5 cm³/mol. The number of rotatable bonds is 1. The molecule has 1 saturated carbocycles. The fourth-order valence-corrected chi connectivity index (χ4v) is 3.23. The molecular formula is C14H22N2O. The normalized spacial score (nSPS) is 28.0. The third-order valence-corrected chi connectivity index (χ3v) is 3.87. The number of nitrogens with zero attached hydrogens (tertiary/aromatic N) is 1. The molecule has 1 fully saturated rings. The van der Waals surface area contributed by atoms with Crippen LogP contribution >= 0.6 is 0 Å². The van der Waals surface area contributed by atoms with Gasteiger partial charge in [0.15, 0.2) is 0 Å². The van der Waals surface area contributed by atoms with Crippen LogP contribution in [0.3, 0.4) is 0 Å². The molecule has 1 unspecified atom stereocenters. The summed E-state index contributed by atoms with van der Waals surface area (Å²) in [6.45, 7) is 6.41. The van der Waals surface area contributed by atoms with Gasteiger partial charge in [0.1, 0.15) is 5.82 Å². The first kappa shape index (κ1) is 12.4. The molecule has 94 valence electrons. The summed E-state index contributed by atoms with van der Waals surface area (Å²) >= 11 is 0. The fourth-order valence-electron chi connectivity index (χ4n) is 3.23. The van der Waals surface area contributed by atoms with Crippen LogP contribution in [0.5, 0.6) is 0 Å². The molecule has 0 spiro atoms. The van der Waals surface area contributed by atoms with Gasteiger partial charge in [-0.2, -0.15) is 0 Å². The highest BCUT2D eigenvalue weighted by Crippen LogP contribution is 2.47. The van der Waals surface area contributed by atoms with E-state index < -0.39 is 5.60 Å². The lowest BCUT2D eigenvalue weighted by Crippen LogP contribution is -2.37. The first-order valence-electron chi connectivity index (χ1n) is 6.28. The van der Waals surface area contributed by atoms with Gasteiger partial charge in [-0.3, -0.25) is 0 Å². The number of aryl methyl sites for hydroxylation is 1. The lowest BCUT2D eigenvalue weighted by Gasteiger charge is -2.42. The van der Waals surface area contributed by atoms with Crippen molar-refractivity contribution in [1.29, 1.82) is 0 Å². The molecule has 2 rings (SSSR count). The van der Waals surface area contributed by atoms with E-state index in [1.54, 1.807) is 6.20 Å². The van der Waals surface area contributed by atoms with Crippen LogP contribution < -0.4 is 5.73 Å². The molecular weight excluding hydrogens is 212 g/mol. The number of nitrogen functional groups attached to an aromatic ring is 1. The number of aliphatic hydroxyl groups is 1. The summed E-state index contributed by atoms with van der Waals surface area (Å²) in [5.74, 6) is 0.477. The summed E-state index contributed by atoms with van der Waals surface area (Å²) in [6.07, 6.45) is 5.45. The van der Waals surface area contributed by atoms with E-state index in [0.29, 0.717) is 5.82 Å². The molecule has 0 aromatic carbocycles.